The molecule has 1 saturated carbocycles. The third-order valence-electron chi connectivity index (χ3n) is 4.99. The van der Waals surface area contributed by atoms with Crippen molar-refractivity contribution in [2.45, 2.75) is 44.3 Å². The Balaban J connectivity index is 1.80. The molecular weight excluding hydrogens is 357 g/mol. The van der Waals surface area contributed by atoms with E-state index in [0.717, 1.165) is 4.90 Å². The van der Waals surface area contributed by atoms with E-state index in [4.69, 9.17) is 0 Å². The lowest BCUT2D eigenvalue weighted by Gasteiger charge is -2.28. The van der Waals surface area contributed by atoms with Crippen molar-refractivity contribution in [2.24, 2.45) is 0 Å². The van der Waals surface area contributed by atoms with Gasteiger partial charge in [0.15, 0.2) is 0 Å². The molecule has 144 valence electrons. The van der Waals surface area contributed by atoms with Crippen molar-refractivity contribution < 1.29 is 28.7 Å². The molecule has 1 heterocycles. The normalized spacial score (nSPS) is 23.1. The zero-order valence-electron chi connectivity index (χ0n) is 14.9. The maximum absolute atomic E-state index is 13.2. The fourth-order valence-electron chi connectivity index (χ4n) is 3.24. The highest BCUT2D eigenvalue weighted by molar-refractivity contribution is 6.09. The van der Waals surface area contributed by atoms with E-state index in [2.05, 4.69) is 5.32 Å². The Kier molecular flexibility index (Phi) is 4.63. The molecule has 8 nitrogen and oxygen atoms in total. The minimum atomic E-state index is -1.42. The molecule has 0 spiro atoms. The average Bonchev–Trinajstić information content (AvgIpc) is 3.40. The molecule has 1 aliphatic heterocycles. The summed E-state index contributed by atoms with van der Waals surface area (Å²) in [5.41, 5.74) is -1.04. The molecule has 2 unspecified atom stereocenters. The van der Waals surface area contributed by atoms with Crippen molar-refractivity contribution in [2.75, 3.05) is 6.54 Å². The molecule has 2 aliphatic rings. The van der Waals surface area contributed by atoms with E-state index in [1.54, 1.807) is 0 Å². The first-order valence-electron chi connectivity index (χ1n) is 8.59. The van der Waals surface area contributed by atoms with E-state index < -0.39 is 47.8 Å². The summed E-state index contributed by atoms with van der Waals surface area (Å²) < 4.78 is 13.2. The number of aliphatic carboxylic acids is 1. The summed E-state index contributed by atoms with van der Waals surface area (Å²) >= 11 is 0. The Morgan fingerprint density at radius 2 is 1.93 bits per heavy atom. The molecule has 27 heavy (non-hydrogen) atoms. The quantitative estimate of drug-likeness (QED) is 0.721. The Morgan fingerprint density at radius 3 is 2.44 bits per heavy atom. The zero-order chi connectivity index (χ0) is 19.9. The number of benzene rings is 1. The second kappa shape index (κ2) is 6.64. The van der Waals surface area contributed by atoms with Crippen LogP contribution in [-0.2, 0) is 19.9 Å². The maximum Gasteiger partial charge on any atom is 0.326 e. The number of carboxylic acids is 1. The molecule has 2 fully saturated rings. The van der Waals surface area contributed by atoms with Crippen LogP contribution in [0.4, 0.5) is 9.18 Å². The van der Waals surface area contributed by atoms with Gasteiger partial charge < -0.3 is 15.3 Å². The fraction of sp³-hybridized carbons (Fsp3) is 0.444. The molecular formula is C18H20FN3O5. The van der Waals surface area contributed by atoms with Crippen LogP contribution in [-0.4, -0.2) is 57.3 Å². The van der Waals surface area contributed by atoms with Gasteiger partial charge in [0.2, 0.25) is 5.91 Å². The first-order chi connectivity index (χ1) is 12.6. The average molecular weight is 377 g/mol. The first kappa shape index (κ1) is 18.8. The number of hydrogen-bond acceptors (Lipinski definition) is 4. The largest absolute Gasteiger partial charge is 0.480 e. The van der Waals surface area contributed by atoms with E-state index in [1.807, 2.05) is 0 Å². The zero-order valence-corrected chi connectivity index (χ0v) is 14.9. The fourth-order valence-corrected chi connectivity index (χ4v) is 3.24. The molecule has 2 N–H and O–H groups in total. The Bertz CT molecular complexity index is 808. The van der Waals surface area contributed by atoms with Gasteiger partial charge in [-0.2, -0.15) is 0 Å². The number of imide groups is 1. The summed E-state index contributed by atoms with van der Waals surface area (Å²) in [6.07, 6.45) is 1.38. The van der Waals surface area contributed by atoms with E-state index in [0.29, 0.717) is 18.4 Å². The van der Waals surface area contributed by atoms with Crippen molar-refractivity contribution in [1.29, 1.82) is 0 Å². The van der Waals surface area contributed by atoms with Crippen molar-refractivity contribution in [3.8, 4) is 0 Å². The maximum atomic E-state index is 13.2. The van der Waals surface area contributed by atoms with Gasteiger partial charge in [0.25, 0.3) is 5.91 Å². The Labute approximate surface area is 154 Å². The predicted octanol–water partition coefficient (Wildman–Crippen LogP) is 1.06. The first-order valence-corrected chi connectivity index (χ1v) is 8.59. The van der Waals surface area contributed by atoms with Gasteiger partial charge >= 0.3 is 12.0 Å². The Hall–Kier alpha value is -2.97. The molecule has 3 rings (SSSR count). The van der Waals surface area contributed by atoms with Crippen LogP contribution in [0.3, 0.4) is 0 Å². The third kappa shape index (κ3) is 3.36. The van der Waals surface area contributed by atoms with E-state index in [-0.39, 0.29) is 6.04 Å². The number of urea groups is 1. The minimum Gasteiger partial charge on any atom is -0.480 e. The van der Waals surface area contributed by atoms with Crippen LogP contribution >= 0.6 is 0 Å². The van der Waals surface area contributed by atoms with E-state index >= 15 is 0 Å². The van der Waals surface area contributed by atoms with Gasteiger partial charge in [-0.3, -0.25) is 14.5 Å². The second-order valence-electron chi connectivity index (χ2n) is 7.00. The van der Waals surface area contributed by atoms with E-state index in [1.165, 1.54) is 43.0 Å². The van der Waals surface area contributed by atoms with Crippen LogP contribution in [0.5, 0.6) is 0 Å². The number of carboxylic acid groups (broad SMARTS) is 1. The summed E-state index contributed by atoms with van der Waals surface area (Å²) in [5, 5.41) is 11.7. The number of amides is 4. The molecule has 9 heteroatoms. The Morgan fingerprint density at radius 1 is 1.33 bits per heavy atom. The number of carbonyl (C=O) groups excluding carboxylic acids is 3. The molecule has 1 aromatic rings. The molecule has 2 atom stereocenters. The lowest BCUT2D eigenvalue weighted by atomic mass is 9.92. The molecule has 1 saturated heterocycles. The smallest absolute Gasteiger partial charge is 0.326 e. The lowest BCUT2D eigenvalue weighted by molar-refractivity contribution is -0.151. The van der Waals surface area contributed by atoms with Crippen molar-refractivity contribution in [3.63, 3.8) is 0 Å². The van der Waals surface area contributed by atoms with Gasteiger partial charge in [-0.05, 0) is 44.4 Å². The minimum absolute atomic E-state index is 0.187. The standard InChI is InChI=1S/C18H20FN3O5/c1-10(15(24)25)22(13-7-8-13)14(23)9-21-16(26)18(2,20-17(21)27)11-3-5-12(19)6-4-11/h3-6,10,13H,7-9H2,1-2H3,(H,20,27)(H,24,25). The molecule has 0 bridgehead atoms. The summed E-state index contributed by atoms with van der Waals surface area (Å²) in [6, 6.07) is 3.15. The van der Waals surface area contributed by atoms with Crippen LogP contribution in [0.1, 0.15) is 32.3 Å². The number of nitrogens with zero attached hydrogens (tertiary/aromatic N) is 2. The molecule has 1 aromatic carbocycles. The van der Waals surface area contributed by atoms with E-state index in [9.17, 15) is 28.7 Å². The summed E-state index contributed by atoms with van der Waals surface area (Å²) in [7, 11) is 0. The lowest BCUT2D eigenvalue weighted by Crippen LogP contribution is -2.50. The van der Waals surface area contributed by atoms with Crippen LogP contribution in [0.25, 0.3) is 0 Å². The predicted molar refractivity (Wildman–Crippen MR) is 91.0 cm³/mol. The van der Waals surface area contributed by atoms with Gasteiger partial charge in [-0.1, -0.05) is 12.1 Å². The van der Waals surface area contributed by atoms with Crippen molar-refractivity contribution in [1.82, 2.24) is 15.1 Å². The summed E-state index contributed by atoms with van der Waals surface area (Å²) in [4.78, 5) is 51.1. The highest BCUT2D eigenvalue weighted by atomic mass is 19.1. The van der Waals surface area contributed by atoms with Crippen LogP contribution in [0.2, 0.25) is 0 Å². The molecule has 1 aliphatic carbocycles. The molecule has 4 amide bonds. The van der Waals surface area contributed by atoms with Crippen molar-refractivity contribution >= 4 is 23.8 Å². The molecule has 0 radical (unpaired) electrons. The number of nitrogens with one attached hydrogen (secondary N) is 1. The van der Waals surface area contributed by atoms with Gasteiger partial charge in [0, 0.05) is 6.04 Å². The van der Waals surface area contributed by atoms with Gasteiger partial charge in [-0.25, -0.2) is 14.0 Å². The number of halogens is 1. The highest BCUT2D eigenvalue weighted by Crippen LogP contribution is 2.31. The third-order valence-corrected chi connectivity index (χ3v) is 4.99. The molecule has 0 aromatic heterocycles. The summed E-state index contributed by atoms with van der Waals surface area (Å²) in [5.74, 6) is -2.87. The highest BCUT2D eigenvalue weighted by Gasteiger charge is 2.50. The number of hydrogen-bond donors (Lipinski definition) is 2. The number of carbonyl (C=O) groups is 4. The van der Waals surface area contributed by atoms with Crippen LogP contribution in [0, 0.1) is 5.82 Å². The summed E-state index contributed by atoms with van der Waals surface area (Å²) in [6.45, 7) is 2.33. The van der Waals surface area contributed by atoms with Gasteiger partial charge in [0.05, 0.1) is 0 Å². The van der Waals surface area contributed by atoms with Gasteiger partial charge in [0.1, 0.15) is 23.9 Å². The van der Waals surface area contributed by atoms with Crippen molar-refractivity contribution in [3.05, 3.63) is 35.6 Å². The second-order valence-corrected chi connectivity index (χ2v) is 7.00. The van der Waals surface area contributed by atoms with Gasteiger partial charge in [-0.15, -0.1) is 0 Å². The number of rotatable bonds is 6. The topological polar surface area (TPSA) is 107 Å². The van der Waals surface area contributed by atoms with Crippen LogP contribution in [0.15, 0.2) is 24.3 Å². The SMILES string of the molecule is CC(C(=O)O)N(C(=O)CN1C(=O)NC(C)(c2ccc(F)cc2)C1=O)C1CC1. The van der Waals surface area contributed by atoms with Crippen LogP contribution < -0.4 is 5.32 Å². The monoisotopic (exact) mass is 377 g/mol.